The van der Waals surface area contributed by atoms with Crippen molar-refractivity contribution >= 4 is 10.1 Å². The molecule has 0 amide bonds. The Balaban J connectivity index is 3.40. The van der Waals surface area contributed by atoms with Crippen LogP contribution in [0.2, 0.25) is 0 Å². The Kier molecular flexibility index (Phi) is 4.35. The Hall–Kier alpha value is -1.66. The van der Waals surface area contributed by atoms with E-state index in [0.29, 0.717) is 0 Å². The third-order valence-electron chi connectivity index (χ3n) is 2.09. The Morgan fingerprint density at radius 1 is 0.773 bits per heavy atom. The Labute approximate surface area is 116 Å². The fourth-order valence-corrected chi connectivity index (χ4v) is 1.68. The molecular weight excluding hydrogens is 359 g/mol. The van der Waals surface area contributed by atoms with Crippen molar-refractivity contribution in [3.05, 3.63) is 29.3 Å². The van der Waals surface area contributed by atoms with Crippen molar-refractivity contribution in [3.63, 3.8) is 0 Å². The van der Waals surface area contributed by atoms with E-state index < -0.39 is 50.9 Å². The molecule has 13 heteroatoms. The zero-order valence-corrected chi connectivity index (χ0v) is 10.6. The molecule has 0 spiro atoms. The van der Waals surface area contributed by atoms with E-state index in [9.17, 15) is 47.9 Å². The molecule has 3 nitrogen and oxygen atoms in total. The number of hydrogen-bond donors (Lipinski definition) is 0. The Morgan fingerprint density at radius 3 is 1.59 bits per heavy atom. The van der Waals surface area contributed by atoms with Gasteiger partial charge in [-0.25, -0.2) is 0 Å². The molecule has 0 heterocycles. The zero-order chi connectivity index (χ0) is 17.6. The molecule has 0 N–H and O–H groups in total. The predicted octanol–water partition coefficient (Wildman–Crippen LogP) is 3.95. The average Bonchev–Trinajstić information content (AvgIpc) is 2.23. The van der Waals surface area contributed by atoms with E-state index in [-0.39, 0.29) is 12.1 Å². The smallest absolute Gasteiger partial charge is 0.376 e. The van der Waals surface area contributed by atoms with Gasteiger partial charge in [-0.15, -0.1) is 0 Å². The van der Waals surface area contributed by atoms with Gasteiger partial charge in [-0.05, 0) is 18.2 Å². The van der Waals surface area contributed by atoms with E-state index in [1.807, 2.05) is 0 Å². The second-order valence-electron chi connectivity index (χ2n) is 3.69. The fourth-order valence-electron chi connectivity index (χ4n) is 1.23. The molecule has 0 fully saturated rings. The van der Waals surface area contributed by atoms with Gasteiger partial charge in [-0.1, -0.05) is 0 Å². The summed E-state index contributed by atoms with van der Waals surface area (Å²) in [6, 6.07) is -0.683. The molecule has 0 saturated carbocycles. The lowest BCUT2D eigenvalue weighted by Crippen LogP contribution is -2.28. The number of halogens is 9. The molecule has 0 unspecified atom stereocenters. The monoisotopic (exact) mass is 362 g/mol. The van der Waals surface area contributed by atoms with E-state index in [0.717, 1.165) is 0 Å². The lowest BCUT2D eigenvalue weighted by molar-refractivity contribution is -0.162. The van der Waals surface area contributed by atoms with E-state index >= 15 is 0 Å². The van der Waals surface area contributed by atoms with Crippen molar-refractivity contribution in [1.29, 1.82) is 0 Å². The zero-order valence-electron chi connectivity index (χ0n) is 9.77. The lowest BCUT2D eigenvalue weighted by atomic mass is 10.1. The molecule has 1 rings (SSSR count). The molecule has 126 valence electrons. The van der Waals surface area contributed by atoms with Crippen molar-refractivity contribution in [3.8, 4) is 5.75 Å². The first-order valence-electron chi connectivity index (χ1n) is 4.85. The van der Waals surface area contributed by atoms with Gasteiger partial charge in [0, 0.05) is 0 Å². The van der Waals surface area contributed by atoms with Crippen molar-refractivity contribution in [2.75, 3.05) is 0 Å². The summed E-state index contributed by atoms with van der Waals surface area (Å²) >= 11 is 0. The first kappa shape index (κ1) is 18.4. The topological polar surface area (TPSA) is 43.4 Å². The van der Waals surface area contributed by atoms with Crippen molar-refractivity contribution in [2.24, 2.45) is 0 Å². The van der Waals surface area contributed by atoms with Crippen LogP contribution in [0.25, 0.3) is 0 Å². The van der Waals surface area contributed by atoms with Gasteiger partial charge in [-0.2, -0.15) is 47.9 Å². The summed E-state index contributed by atoms with van der Waals surface area (Å²) in [4.78, 5) is 0. The van der Waals surface area contributed by atoms with Gasteiger partial charge in [0.05, 0.1) is 11.1 Å². The summed E-state index contributed by atoms with van der Waals surface area (Å²) in [6.45, 7) is 0. The third-order valence-corrected chi connectivity index (χ3v) is 3.07. The van der Waals surface area contributed by atoms with E-state index in [1.165, 1.54) is 0 Å². The van der Waals surface area contributed by atoms with Crippen LogP contribution >= 0.6 is 0 Å². The summed E-state index contributed by atoms with van der Waals surface area (Å²) in [5.41, 5.74) is -10.5. The van der Waals surface area contributed by atoms with Gasteiger partial charge in [0.15, 0.2) is 0 Å². The van der Waals surface area contributed by atoms with Crippen LogP contribution in [0.4, 0.5) is 39.5 Å². The third kappa shape index (κ3) is 3.96. The minimum Gasteiger partial charge on any atom is -0.376 e. The van der Waals surface area contributed by atoms with Gasteiger partial charge >= 0.3 is 28.0 Å². The lowest BCUT2D eigenvalue weighted by Gasteiger charge is -2.17. The van der Waals surface area contributed by atoms with Crippen LogP contribution in [-0.2, 0) is 22.5 Å². The summed E-state index contributed by atoms with van der Waals surface area (Å²) in [7, 11) is -6.31. The molecule has 1 aromatic carbocycles. The first-order valence-corrected chi connectivity index (χ1v) is 6.26. The van der Waals surface area contributed by atoms with Crippen molar-refractivity contribution in [1.82, 2.24) is 0 Å². The van der Waals surface area contributed by atoms with E-state index in [2.05, 4.69) is 4.18 Å². The fraction of sp³-hybridized carbons (Fsp3) is 0.333. The molecule has 0 aromatic heterocycles. The number of rotatable bonds is 2. The number of hydrogen-bond acceptors (Lipinski definition) is 3. The van der Waals surface area contributed by atoms with Gasteiger partial charge in [0.1, 0.15) is 5.75 Å². The van der Waals surface area contributed by atoms with Crippen LogP contribution in [0.3, 0.4) is 0 Å². The van der Waals surface area contributed by atoms with E-state index in [1.54, 1.807) is 0 Å². The van der Waals surface area contributed by atoms with Crippen LogP contribution in [0.1, 0.15) is 11.1 Å². The quantitative estimate of drug-likeness (QED) is 0.455. The number of benzene rings is 1. The Bertz CT molecular complexity index is 654. The van der Waals surface area contributed by atoms with Crippen molar-refractivity contribution in [2.45, 2.75) is 17.9 Å². The largest absolute Gasteiger partial charge is 0.534 e. The molecule has 1 aromatic rings. The average molecular weight is 362 g/mol. The van der Waals surface area contributed by atoms with Crippen LogP contribution in [-0.4, -0.2) is 13.9 Å². The van der Waals surface area contributed by atoms with Crippen LogP contribution in [0, 0.1) is 0 Å². The summed E-state index contributed by atoms with van der Waals surface area (Å²) < 4.78 is 135. The van der Waals surface area contributed by atoms with E-state index in [4.69, 9.17) is 0 Å². The van der Waals surface area contributed by atoms with Crippen LogP contribution in [0.5, 0.6) is 5.75 Å². The molecule has 0 aliphatic heterocycles. The molecule has 0 atom stereocenters. The van der Waals surface area contributed by atoms with Gasteiger partial charge in [0.2, 0.25) is 0 Å². The second kappa shape index (κ2) is 5.21. The predicted molar refractivity (Wildman–Crippen MR) is 52.0 cm³/mol. The molecule has 22 heavy (non-hydrogen) atoms. The van der Waals surface area contributed by atoms with Crippen LogP contribution in [0.15, 0.2) is 18.2 Å². The minimum atomic E-state index is -6.31. The second-order valence-corrected chi connectivity index (χ2v) is 5.22. The molecule has 0 aliphatic rings. The maximum atomic E-state index is 12.5. The highest BCUT2D eigenvalue weighted by Crippen LogP contribution is 2.42. The first-order chi connectivity index (χ1) is 9.56. The summed E-state index contributed by atoms with van der Waals surface area (Å²) in [5.74, 6) is -1.56. The minimum absolute atomic E-state index is 0.0291. The van der Waals surface area contributed by atoms with Gasteiger partial charge in [-0.3, -0.25) is 0 Å². The molecule has 0 bridgehead atoms. The van der Waals surface area contributed by atoms with Crippen molar-refractivity contribution < 1.29 is 52.1 Å². The van der Waals surface area contributed by atoms with Crippen LogP contribution < -0.4 is 4.18 Å². The maximum Gasteiger partial charge on any atom is 0.534 e. The normalized spacial score (nSPS) is 14.0. The maximum absolute atomic E-state index is 12.5. The molecule has 0 saturated heterocycles. The molecule has 0 radical (unpaired) electrons. The SMILES string of the molecule is O=S(=O)(Oc1ccc(C(F)(F)F)c(C(F)(F)F)c1)C(F)(F)F. The molecule has 0 aliphatic carbocycles. The highest BCUT2D eigenvalue weighted by Gasteiger charge is 2.49. The summed E-state index contributed by atoms with van der Waals surface area (Å²) in [5, 5.41) is 0. The standard InChI is InChI=1S/C9H3F9O3S/c10-7(11,12)5-2-1-4(3-6(5)8(13,14)15)21-22(19,20)9(16,17)18/h1-3H. The molecular formula is C9H3F9O3S. The summed E-state index contributed by atoms with van der Waals surface area (Å²) in [6.07, 6.45) is -11.0. The highest BCUT2D eigenvalue weighted by molar-refractivity contribution is 7.87. The van der Waals surface area contributed by atoms with Gasteiger partial charge in [0.25, 0.3) is 0 Å². The Morgan fingerprint density at radius 2 is 1.23 bits per heavy atom. The number of alkyl halides is 9. The van der Waals surface area contributed by atoms with Gasteiger partial charge < -0.3 is 4.18 Å². The highest BCUT2D eigenvalue weighted by atomic mass is 32.2.